The molecule has 1 fully saturated rings. The first kappa shape index (κ1) is 16.2. The largest absolute Gasteiger partial charge is 0.401 e. The number of alkyl halides is 3. The van der Waals surface area contributed by atoms with E-state index in [2.05, 4.69) is 5.32 Å². The van der Waals surface area contributed by atoms with Crippen LogP contribution in [0.1, 0.15) is 31.4 Å². The van der Waals surface area contributed by atoms with Crippen LogP contribution in [0.4, 0.5) is 17.6 Å². The van der Waals surface area contributed by atoms with Crippen LogP contribution < -0.4 is 5.32 Å². The molecule has 21 heavy (non-hydrogen) atoms. The van der Waals surface area contributed by atoms with Crippen LogP contribution in [-0.4, -0.2) is 36.8 Å². The van der Waals surface area contributed by atoms with Gasteiger partial charge in [0.1, 0.15) is 5.82 Å². The van der Waals surface area contributed by atoms with Gasteiger partial charge in [-0.15, -0.1) is 0 Å². The molecule has 1 aromatic carbocycles. The molecular formula is C15H20F4N2. The SMILES string of the molecule is CC(NC1CCN(CC(F)(F)F)CC1)c1ccc(F)cc1. The fourth-order valence-electron chi connectivity index (χ4n) is 2.71. The highest BCUT2D eigenvalue weighted by Gasteiger charge is 2.32. The predicted molar refractivity (Wildman–Crippen MR) is 73.5 cm³/mol. The minimum atomic E-state index is -4.12. The van der Waals surface area contributed by atoms with Crippen LogP contribution in [0.3, 0.4) is 0 Å². The van der Waals surface area contributed by atoms with Crippen molar-refractivity contribution in [1.82, 2.24) is 10.2 Å². The van der Waals surface area contributed by atoms with Crippen molar-refractivity contribution in [2.45, 2.75) is 38.0 Å². The van der Waals surface area contributed by atoms with Crippen molar-refractivity contribution in [2.75, 3.05) is 19.6 Å². The average molecular weight is 304 g/mol. The Labute approximate surface area is 122 Å². The smallest absolute Gasteiger partial charge is 0.307 e. The number of likely N-dealkylation sites (tertiary alicyclic amines) is 1. The van der Waals surface area contributed by atoms with E-state index in [0.29, 0.717) is 25.9 Å². The van der Waals surface area contributed by atoms with Gasteiger partial charge in [-0.2, -0.15) is 13.2 Å². The molecule has 1 heterocycles. The molecule has 2 rings (SSSR count). The van der Waals surface area contributed by atoms with E-state index in [-0.39, 0.29) is 17.9 Å². The molecule has 1 aliphatic heterocycles. The third-order valence-corrected chi connectivity index (χ3v) is 3.85. The molecule has 118 valence electrons. The lowest BCUT2D eigenvalue weighted by atomic mass is 10.0. The number of rotatable bonds is 4. The van der Waals surface area contributed by atoms with Crippen LogP contribution in [0.5, 0.6) is 0 Å². The maximum atomic E-state index is 12.9. The summed E-state index contributed by atoms with van der Waals surface area (Å²) in [6.45, 7) is 2.06. The maximum absolute atomic E-state index is 12.9. The van der Waals surface area contributed by atoms with E-state index in [9.17, 15) is 17.6 Å². The van der Waals surface area contributed by atoms with Gasteiger partial charge in [0.15, 0.2) is 0 Å². The Balaban J connectivity index is 1.79. The van der Waals surface area contributed by atoms with Crippen LogP contribution in [0.2, 0.25) is 0 Å². The van der Waals surface area contributed by atoms with Crippen molar-refractivity contribution < 1.29 is 17.6 Å². The molecule has 1 saturated heterocycles. The summed E-state index contributed by atoms with van der Waals surface area (Å²) < 4.78 is 49.8. The molecule has 0 aliphatic carbocycles. The van der Waals surface area contributed by atoms with Crippen molar-refractivity contribution in [3.63, 3.8) is 0 Å². The van der Waals surface area contributed by atoms with Gasteiger partial charge < -0.3 is 5.32 Å². The Morgan fingerprint density at radius 3 is 2.29 bits per heavy atom. The lowest BCUT2D eigenvalue weighted by molar-refractivity contribution is -0.148. The summed E-state index contributed by atoms with van der Waals surface area (Å²) in [6, 6.07) is 6.55. The van der Waals surface area contributed by atoms with Crippen LogP contribution in [0.15, 0.2) is 24.3 Å². The number of hydrogen-bond acceptors (Lipinski definition) is 2. The first-order chi connectivity index (χ1) is 9.83. The molecule has 0 radical (unpaired) electrons. The number of hydrogen-bond donors (Lipinski definition) is 1. The summed E-state index contributed by atoms with van der Waals surface area (Å²) in [6.07, 6.45) is -2.73. The van der Waals surface area contributed by atoms with Gasteiger partial charge in [-0.25, -0.2) is 4.39 Å². The van der Waals surface area contributed by atoms with Crippen LogP contribution in [0, 0.1) is 5.82 Å². The molecule has 6 heteroatoms. The van der Waals surface area contributed by atoms with Crippen molar-refractivity contribution in [1.29, 1.82) is 0 Å². The lowest BCUT2D eigenvalue weighted by Gasteiger charge is -2.34. The Hall–Kier alpha value is -1.14. The lowest BCUT2D eigenvalue weighted by Crippen LogP contribution is -2.46. The average Bonchev–Trinajstić information content (AvgIpc) is 2.40. The topological polar surface area (TPSA) is 15.3 Å². The molecule has 1 unspecified atom stereocenters. The normalized spacial score (nSPS) is 19.7. The fraction of sp³-hybridized carbons (Fsp3) is 0.600. The molecule has 0 amide bonds. The van der Waals surface area contributed by atoms with Crippen LogP contribution in [0.25, 0.3) is 0 Å². The Bertz CT molecular complexity index is 436. The Morgan fingerprint density at radius 2 is 1.76 bits per heavy atom. The fourth-order valence-corrected chi connectivity index (χ4v) is 2.71. The zero-order valence-corrected chi connectivity index (χ0v) is 12.0. The molecule has 0 bridgehead atoms. The second-order valence-corrected chi connectivity index (χ2v) is 5.61. The highest BCUT2D eigenvalue weighted by Crippen LogP contribution is 2.21. The zero-order valence-electron chi connectivity index (χ0n) is 12.0. The molecule has 0 saturated carbocycles. The monoisotopic (exact) mass is 304 g/mol. The Morgan fingerprint density at radius 1 is 1.19 bits per heavy atom. The van der Waals surface area contributed by atoms with Gasteiger partial charge in [-0.1, -0.05) is 12.1 Å². The number of benzene rings is 1. The number of halogens is 4. The van der Waals surface area contributed by atoms with Gasteiger partial charge in [0.25, 0.3) is 0 Å². The first-order valence-corrected chi connectivity index (χ1v) is 7.14. The first-order valence-electron chi connectivity index (χ1n) is 7.14. The third-order valence-electron chi connectivity index (χ3n) is 3.85. The second-order valence-electron chi connectivity index (χ2n) is 5.61. The highest BCUT2D eigenvalue weighted by atomic mass is 19.4. The van der Waals surface area contributed by atoms with E-state index in [4.69, 9.17) is 0 Å². The molecule has 0 aromatic heterocycles. The van der Waals surface area contributed by atoms with E-state index in [1.165, 1.54) is 17.0 Å². The standard InChI is InChI=1S/C15H20F4N2/c1-11(12-2-4-13(16)5-3-12)20-14-6-8-21(9-7-14)10-15(17,18)19/h2-5,11,14,20H,6-10H2,1H3. The van der Waals surface area contributed by atoms with Gasteiger partial charge in [0.05, 0.1) is 6.54 Å². The summed E-state index contributed by atoms with van der Waals surface area (Å²) in [5.74, 6) is -0.272. The molecule has 0 spiro atoms. The van der Waals surface area contributed by atoms with Crippen molar-refractivity contribution >= 4 is 0 Å². The summed E-state index contributed by atoms with van der Waals surface area (Å²) >= 11 is 0. The van der Waals surface area contributed by atoms with E-state index in [0.717, 1.165) is 5.56 Å². The highest BCUT2D eigenvalue weighted by molar-refractivity contribution is 5.19. The van der Waals surface area contributed by atoms with E-state index >= 15 is 0 Å². The summed E-state index contributed by atoms with van der Waals surface area (Å²) in [7, 11) is 0. The molecule has 1 aliphatic rings. The minimum absolute atomic E-state index is 0.0600. The summed E-state index contributed by atoms with van der Waals surface area (Å²) in [5, 5.41) is 3.41. The number of piperidine rings is 1. The zero-order chi connectivity index (χ0) is 15.5. The number of nitrogens with zero attached hydrogens (tertiary/aromatic N) is 1. The predicted octanol–water partition coefficient (Wildman–Crippen LogP) is 3.50. The number of nitrogens with one attached hydrogen (secondary N) is 1. The van der Waals surface area contributed by atoms with Gasteiger partial charge in [-0.3, -0.25) is 4.90 Å². The summed E-state index contributed by atoms with van der Waals surface area (Å²) in [4.78, 5) is 1.45. The second kappa shape index (κ2) is 6.75. The van der Waals surface area contributed by atoms with E-state index in [1.807, 2.05) is 6.92 Å². The van der Waals surface area contributed by atoms with Crippen molar-refractivity contribution in [2.24, 2.45) is 0 Å². The molecule has 2 nitrogen and oxygen atoms in total. The van der Waals surface area contributed by atoms with Crippen LogP contribution >= 0.6 is 0 Å². The summed E-state index contributed by atoms with van der Waals surface area (Å²) in [5.41, 5.74) is 0.981. The molecule has 1 atom stereocenters. The quantitative estimate of drug-likeness (QED) is 0.857. The maximum Gasteiger partial charge on any atom is 0.401 e. The third kappa shape index (κ3) is 5.28. The van der Waals surface area contributed by atoms with Crippen LogP contribution in [-0.2, 0) is 0 Å². The molecule has 1 N–H and O–H groups in total. The van der Waals surface area contributed by atoms with Gasteiger partial charge in [0, 0.05) is 12.1 Å². The van der Waals surface area contributed by atoms with Gasteiger partial charge in [0.2, 0.25) is 0 Å². The molecule has 1 aromatic rings. The van der Waals surface area contributed by atoms with E-state index < -0.39 is 12.7 Å². The van der Waals surface area contributed by atoms with Gasteiger partial charge in [-0.05, 0) is 50.6 Å². The Kier molecular flexibility index (Phi) is 5.22. The minimum Gasteiger partial charge on any atom is -0.307 e. The molecular weight excluding hydrogens is 284 g/mol. The van der Waals surface area contributed by atoms with Gasteiger partial charge >= 0.3 is 6.18 Å². The van der Waals surface area contributed by atoms with Crippen molar-refractivity contribution in [3.05, 3.63) is 35.6 Å². The van der Waals surface area contributed by atoms with E-state index in [1.54, 1.807) is 12.1 Å². The van der Waals surface area contributed by atoms with Crippen molar-refractivity contribution in [3.8, 4) is 0 Å².